The van der Waals surface area contributed by atoms with Gasteiger partial charge in [-0.05, 0) is 49.8 Å². The maximum atomic E-state index is 15.5. The van der Waals surface area contributed by atoms with Crippen LogP contribution in [0, 0.1) is 5.82 Å². The number of ether oxygens (including phenoxy) is 1. The Morgan fingerprint density at radius 3 is 2.54 bits per heavy atom. The fourth-order valence-corrected chi connectivity index (χ4v) is 7.50. The van der Waals surface area contributed by atoms with Gasteiger partial charge in [0, 0.05) is 31.4 Å². The van der Waals surface area contributed by atoms with E-state index in [1.807, 2.05) is 37.3 Å². The largest absolute Gasteiger partial charge is 0.438 e. The third-order valence-electron chi connectivity index (χ3n) is 7.37. The Kier molecular flexibility index (Phi) is 6.37. The molecule has 35 heavy (non-hydrogen) atoms. The van der Waals surface area contributed by atoms with Crippen LogP contribution in [0.1, 0.15) is 60.4 Å². The molecule has 0 amide bonds. The molecule has 0 radical (unpaired) electrons. The van der Waals surface area contributed by atoms with E-state index in [1.165, 1.54) is 10.4 Å². The van der Waals surface area contributed by atoms with Crippen LogP contribution in [0.25, 0.3) is 0 Å². The zero-order valence-electron chi connectivity index (χ0n) is 19.4. The number of sulfonamides is 1. The second-order valence-corrected chi connectivity index (χ2v) is 11.4. The van der Waals surface area contributed by atoms with Gasteiger partial charge in [0.25, 0.3) is 0 Å². The van der Waals surface area contributed by atoms with Crippen molar-refractivity contribution in [3.8, 4) is 0 Å². The van der Waals surface area contributed by atoms with E-state index in [9.17, 15) is 13.2 Å². The second-order valence-electron chi connectivity index (χ2n) is 9.36. The SMILES string of the molecule is C[C@H]1CC[C@H](c2ccccc2)S(=O)(=O)N1Cc1ccc(C2(c3noc(=O)[nH]3)CCOCC2)cc1F. The van der Waals surface area contributed by atoms with Crippen LogP contribution in [-0.2, 0) is 26.7 Å². The Bertz CT molecular complexity index is 1350. The van der Waals surface area contributed by atoms with E-state index in [2.05, 4.69) is 10.1 Å². The highest BCUT2D eigenvalue weighted by Crippen LogP contribution is 2.41. The highest BCUT2D eigenvalue weighted by atomic mass is 32.2. The first kappa shape index (κ1) is 23.9. The second kappa shape index (κ2) is 9.33. The summed E-state index contributed by atoms with van der Waals surface area (Å²) >= 11 is 0. The summed E-state index contributed by atoms with van der Waals surface area (Å²) in [5.74, 6) is -0.820. The molecule has 1 aromatic heterocycles. The molecule has 0 bridgehead atoms. The molecule has 2 aromatic carbocycles. The number of benzene rings is 2. The fraction of sp³-hybridized carbons (Fsp3) is 0.440. The van der Waals surface area contributed by atoms with Gasteiger partial charge in [-0.3, -0.25) is 9.51 Å². The Hall–Kier alpha value is -2.82. The molecule has 2 aliphatic heterocycles. The van der Waals surface area contributed by atoms with Gasteiger partial charge in [-0.25, -0.2) is 17.6 Å². The zero-order valence-corrected chi connectivity index (χ0v) is 20.3. The number of halogens is 1. The van der Waals surface area contributed by atoms with Gasteiger partial charge in [-0.2, -0.15) is 4.31 Å². The van der Waals surface area contributed by atoms with E-state index >= 15 is 4.39 Å². The lowest BCUT2D eigenvalue weighted by Gasteiger charge is -2.38. The molecule has 0 spiro atoms. The van der Waals surface area contributed by atoms with Crippen molar-refractivity contribution in [2.24, 2.45) is 0 Å². The summed E-state index contributed by atoms with van der Waals surface area (Å²) in [5, 5.41) is 3.25. The van der Waals surface area contributed by atoms with Crippen molar-refractivity contribution < 1.29 is 22.1 Å². The maximum Gasteiger partial charge on any atom is 0.438 e. The van der Waals surface area contributed by atoms with Crippen molar-refractivity contribution in [2.75, 3.05) is 13.2 Å². The molecule has 2 atom stereocenters. The molecule has 10 heteroatoms. The van der Waals surface area contributed by atoms with E-state index in [-0.39, 0.29) is 12.6 Å². The monoisotopic (exact) mass is 501 g/mol. The molecule has 3 heterocycles. The van der Waals surface area contributed by atoms with E-state index in [0.29, 0.717) is 55.8 Å². The minimum Gasteiger partial charge on any atom is -0.381 e. The van der Waals surface area contributed by atoms with Crippen LogP contribution >= 0.6 is 0 Å². The van der Waals surface area contributed by atoms with E-state index in [0.717, 1.165) is 5.56 Å². The smallest absolute Gasteiger partial charge is 0.381 e. The molecule has 8 nitrogen and oxygen atoms in total. The molecule has 2 fully saturated rings. The third kappa shape index (κ3) is 4.34. The van der Waals surface area contributed by atoms with Crippen LogP contribution in [0.5, 0.6) is 0 Å². The molecule has 186 valence electrons. The Morgan fingerprint density at radius 1 is 1.14 bits per heavy atom. The predicted molar refractivity (Wildman–Crippen MR) is 127 cm³/mol. The average molecular weight is 502 g/mol. The van der Waals surface area contributed by atoms with Gasteiger partial charge in [0.05, 0.1) is 5.41 Å². The van der Waals surface area contributed by atoms with Crippen molar-refractivity contribution in [1.29, 1.82) is 0 Å². The number of aromatic nitrogens is 2. The normalized spacial score (nSPS) is 24.3. The molecule has 2 saturated heterocycles. The first-order valence-electron chi connectivity index (χ1n) is 11.8. The van der Waals surface area contributed by atoms with E-state index < -0.39 is 32.3 Å². The van der Waals surface area contributed by atoms with Crippen molar-refractivity contribution in [3.05, 3.63) is 87.4 Å². The summed E-state index contributed by atoms with van der Waals surface area (Å²) in [5.41, 5.74) is 0.951. The lowest BCUT2D eigenvalue weighted by Crippen LogP contribution is -2.44. The van der Waals surface area contributed by atoms with Crippen molar-refractivity contribution in [3.63, 3.8) is 0 Å². The predicted octanol–water partition coefficient (Wildman–Crippen LogP) is 3.65. The molecule has 0 saturated carbocycles. The van der Waals surface area contributed by atoms with Gasteiger partial charge < -0.3 is 4.74 Å². The Balaban J connectivity index is 1.46. The van der Waals surface area contributed by atoms with Crippen molar-refractivity contribution in [1.82, 2.24) is 14.4 Å². The van der Waals surface area contributed by atoms with Gasteiger partial charge in [0.15, 0.2) is 5.82 Å². The molecule has 2 aliphatic rings. The average Bonchev–Trinajstić information content (AvgIpc) is 3.30. The highest BCUT2D eigenvalue weighted by Gasteiger charge is 2.42. The van der Waals surface area contributed by atoms with Gasteiger partial charge in [-0.1, -0.05) is 47.6 Å². The quantitative estimate of drug-likeness (QED) is 0.572. The lowest BCUT2D eigenvalue weighted by atomic mass is 9.73. The first-order valence-corrected chi connectivity index (χ1v) is 13.3. The van der Waals surface area contributed by atoms with Gasteiger partial charge in [-0.15, -0.1) is 0 Å². The molecule has 0 unspecified atom stereocenters. The number of aromatic amines is 1. The fourth-order valence-electron chi connectivity index (χ4n) is 5.31. The Labute approximate surface area is 203 Å². The summed E-state index contributed by atoms with van der Waals surface area (Å²) in [6.07, 6.45) is 2.24. The standard InChI is InChI=1S/C25H28FN3O5S/c1-17-7-10-22(18-5-3-2-4-6-18)35(31,32)29(17)16-19-8-9-20(15-21(19)26)25(11-13-33-14-12-25)23-27-24(30)34-28-23/h2-6,8-9,15,17,22H,7,10-14,16H2,1H3,(H,27,28,30)/t17-,22+/m0/s1. The summed E-state index contributed by atoms with van der Waals surface area (Å²) in [6.45, 7) is 2.68. The lowest BCUT2D eigenvalue weighted by molar-refractivity contribution is 0.0596. The summed E-state index contributed by atoms with van der Waals surface area (Å²) in [4.78, 5) is 14.2. The topological polar surface area (TPSA) is 106 Å². The molecule has 0 aliphatic carbocycles. The number of nitrogens with zero attached hydrogens (tertiary/aromatic N) is 2. The number of nitrogens with one attached hydrogen (secondary N) is 1. The van der Waals surface area contributed by atoms with Crippen molar-refractivity contribution >= 4 is 10.0 Å². The maximum absolute atomic E-state index is 15.5. The summed E-state index contributed by atoms with van der Waals surface area (Å²) in [7, 11) is -3.68. The summed E-state index contributed by atoms with van der Waals surface area (Å²) < 4.78 is 54.2. The minimum absolute atomic E-state index is 0.0458. The van der Waals surface area contributed by atoms with Gasteiger partial charge >= 0.3 is 5.76 Å². The van der Waals surface area contributed by atoms with E-state index in [1.54, 1.807) is 12.1 Å². The van der Waals surface area contributed by atoms with Crippen LogP contribution < -0.4 is 5.76 Å². The molecule has 5 rings (SSSR count). The molecular weight excluding hydrogens is 473 g/mol. The molecule has 3 aromatic rings. The highest BCUT2D eigenvalue weighted by molar-refractivity contribution is 7.89. The van der Waals surface area contributed by atoms with Crippen molar-refractivity contribution in [2.45, 2.75) is 55.9 Å². The number of rotatable bonds is 5. The first-order chi connectivity index (χ1) is 16.8. The zero-order chi connectivity index (χ0) is 24.6. The van der Waals surface area contributed by atoms with Gasteiger partial charge in [0.1, 0.15) is 11.1 Å². The van der Waals surface area contributed by atoms with Crippen LogP contribution in [0.15, 0.2) is 57.8 Å². The van der Waals surface area contributed by atoms with Crippen LogP contribution in [0.2, 0.25) is 0 Å². The molecular formula is C25H28FN3O5S. The van der Waals surface area contributed by atoms with Crippen LogP contribution in [0.3, 0.4) is 0 Å². The van der Waals surface area contributed by atoms with E-state index in [4.69, 9.17) is 9.26 Å². The van der Waals surface area contributed by atoms with Crippen LogP contribution in [-0.4, -0.2) is 42.1 Å². The number of hydrogen-bond acceptors (Lipinski definition) is 6. The summed E-state index contributed by atoms with van der Waals surface area (Å²) in [6, 6.07) is 13.8. The Morgan fingerprint density at radius 2 is 1.89 bits per heavy atom. The molecule has 1 N–H and O–H groups in total. The van der Waals surface area contributed by atoms with Crippen LogP contribution in [0.4, 0.5) is 4.39 Å². The minimum atomic E-state index is -3.68. The third-order valence-corrected chi connectivity index (χ3v) is 9.74. The number of hydrogen-bond donors (Lipinski definition) is 1. The number of H-pyrrole nitrogens is 1. The van der Waals surface area contributed by atoms with Gasteiger partial charge in [0.2, 0.25) is 10.0 Å².